The van der Waals surface area contributed by atoms with Crippen LogP contribution in [0, 0.1) is 19.8 Å². The number of carbonyl (C=O) groups is 1. The van der Waals surface area contributed by atoms with Crippen LogP contribution in [0.5, 0.6) is 17.2 Å². The normalized spacial score (nSPS) is 14.6. The van der Waals surface area contributed by atoms with E-state index >= 15 is 0 Å². The van der Waals surface area contributed by atoms with E-state index in [0.717, 1.165) is 45.7 Å². The molecule has 7 heteroatoms. The third-order valence-corrected chi connectivity index (χ3v) is 7.50. The molecule has 0 fully saturated rings. The van der Waals surface area contributed by atoms with E-state index in [1.807, 2.05) is 79.4 Å². The summed E-state index contributed by atoms with van der Waals surface area (Å²) in [4.78, 5) is 15.7. The van der Waals surface area contributed by atoms with Crippen LogP contribution >= 0.6 is 0 Å². The minimum absolute atomic E-state index is 0.109. The van der Waals surface area contributed by atoms with Crippen LogP contribution in [0.2, 0.25) is 0 Å². The monoisotopic (exact) mass is 539 g/mol. The molecule has 4 aromatic rings. The smallest absolute Gasteiger partial charge is 0.273 e. The summed E-state index contributed by atoms with van der Waals surface area (Å²) in [5.41, 5.74) is 6.28. The number of fused-ring (bicyclic) bond motifs is 1. The van der Waals surface area contributed by atoms with Crippen LogP contribution < -0.4 is 9.47 Å². The quantitative estimate of drug-likeness (QED) is 0.236. The molecule has 7 nitrogen and oxygen atoms in total. The Morgan fingerprint density at radius 3 is 2.55 bits per heavy atom. The third kappa shape index (κ3) is 5.41. The highest BCUT2D eigenvalue weighted by molar-refractivity contribution is 6.00. The summed E-state index contributed by atoms with van der Waals surface area (Å²) >= 11 is 0. The number of rotatable bonds is 10. The number of phenols is 1. The average Bonchev–Trinajstić information content (AvgIpc) is 3.48. The number of hydrogen-bond donors (Lipinski definition) is 2. The van der Waals surface area contributed by atoms with Gasteiger partial charge in [-0.15, -0.1) is 0 Å². The zero-order chi connectivity index (χ0) is 28.4. The van der Waals surface area contributed by atoms with Crippen LogP contribution in [0.15, 0.2) is 60.7 Å². The van der Waals surface area contributed by atoms with E-state index in [1.54, 1.807) is 7.11 Å². The predicted molar refractivity (Wildman–Crippen MR) is 156 cm³/mol. The van der Waals surface area contributed by atoms with E-state index in [0.29, 0.717) is 42.4 Å². The molecular weight excluding hydrogens is 502 g/mol. The van der Waals surface area contributed by atoms with Gasteiger partial charge in [0.05, 0.1) is 19.8 Å². The van der Waals surface area contributed by atoms with Crippen molar-refractivity contribution < 1.29 is 19.4 Å². The van der Waals surface area contributed by atoms with Gasteiger partial charge < -0.3 is 19.5 Å². The second-order valence-corrected chi connectivity index (χ2v) is 10.9. The van der Waals surface area contributed by atoms with Crippen molar-refractivity contribution in [2.75, 3.05) is 20.3 Å². The number of aromatic amines is 1. The number of ether oxygens (including phenoxy) is 2. The molecule has 5 rings (SSSR count). The molecule has 0 spiro atoms. The van der Waals surface area contributed by atoms with Crippen molar-refractivity contribution in [3.63, 3.8) is 0 Å². The number of aromatic nitrogens is 2. The van der Waals surface area contributed by atoms with E-state index in [-0.39, 0.29) is 17.7 Å². The number of amides is 1. The first-order valence-electron chi connectivity index (χ1n) is 13.8. The fourth-order valence-electron chi connectivity index (χ4n) is 5.35. The van der Waals surface area contributed by atoms with Gasteiger partial charge in [0, 0.05) is 17.7 Å². The van der Waals surface area contributed by atoms with E-state index in [2.05, 4.69) is 24.0 Å². The van der Waals surface area contributed by atoms with Gasteiger partial charge >= 0.3 is 0 Å². The summed E-state index contributed by atoms with van der Waals surface area (Å²) in [6, 6.07) is 19.4. The summed E-state index contributed by atoms with van der Waals surface area (Å²) in [5, 5.41) is 18.6. The number of aryl methyl sites for hydroxylation is 2. The average molecular weight is 540 g/mol. The molecule has 0 saturated heterocycles. The minimum Gasteiger partial charge on any atom is -0.507 e. The van der Waals surface area contributed by atoms with E-state index < -0.39 is 0 Å². The molecule has 0 aliphatic carbocycles. The minimum atomic E-state index is -0.386. The number of H-pyrrole nitrogens is 1. The first kappa shape index (κ1) is 27.3. The molecule has 1 amide bonds. The Morgan fingerprint density at radius 2 is 1.82 bits per heavy atom. The molecular formula is C33H37N3O4. The number of benzene rings is 3. The largest absolute Gasteiger partial charge is 0.507 e. The molecule has 0 radical (unpaired) electrons. The lowest BCUT2D eigenvalue weighted by atomic mass is 9.94. The summed E-state index contributed by atoms with van der Waals surface area (Å²) in [6.07, 6.45) is 1.64. The first-order chi connectivity index (χ1) is 19.3. The molecule has 0 bridgehead atoms. The zero-order valence-corrected chi connectivity index (χ0v) is 23.8. The number of hydrogen-bond acceptors (Lipinski definition) is 5. The molecule has 2 N–H and O–H groups in total. The molecule has 40 heavy (non-hydrogen) atoms. The number of carbonyl (C=O) groups excluding carboxylic acids is 1. The van der Waals surface area contributed by atoms with Crippen LogP contribution in [0.3, 0.4) is 0 Å². The zero-order valence-electron chi connectivity index (χ0n) is 23.8. The Kier molecular flexibility index (Phi) is 7.83. The van der Waals surface area contributed by atoms with Gasteiger partial charge in [0.25, 0.3) is 5.91 Å². The highest BCUT2D eigenvalue weighted by Crippen LogP contribution is 2.45. The number of nitrogens with one attached hydrogen (secondary N) is 1. The fourth-order valence-corrected chi connectivity index (χ4v) is 5.35. The predicted octanol–water partition coefficient (Wildman–Crippen LogP) is 6.62. The maximum absolute atomic E-state index is 13.8. The van der Waals surface area contributed by atoms with Gasteiger partial charge in [0.15, 0.2) is 0 Å². The van der Waals surface area contributed by atoms with E-state index in [1.165, 1.54) is 0 Å². The van der Waals surface area contributed by atoms with Crippen LogP contribution in [-0.4, -0.2) is 46.4 Å². The maximum Gasteiger partial charge on any atom is 0.273 e. The summed E-state index contributed by atoms with van der Waals surface area (Å²) in [5.74, 6) is 2.18. The van der Waals surface area contributed by atoms with Crippen molar-refractivity contribution in [1.82, 2.24) is 15.1 Å². The molecule has 1 aliphatic heterocycles. The first-order valence-corrected chi connectivity index (χ1v) is 13.8. The fraction of sp³-hybridized carbons (Fsp3) is 0.333. The molecule has 0 saturated carbocycles. The van der Waals surface area contributed by atoms with Crippen molar-refractivity contribution in [3.05, 3.63) is 94.2 Å². The Hall–Kier alpha value is -4.26. The van der Waals surface area contributed by atoms with Gasteiger partial charge in [-0.25, -0.2) is 0 Å². The van der Waals surface area contributed by atoms with Crippen molar-refractivity contribution in [1.29, 1.82) is 0 Å². The summed E-state index contributed by atoms with van der Waals surface area (Å²) in [7, 11) is 1.65. The summed E-state index contributed by atoms with van der Waals surface area (Å²) < 4.78 is 11.4. The van der Waals surface area contributed by atoms with Gasteiger partial charge in [0.1, 0.15) is 28.6 Å². The van der Waals surface area contributed by atoms with Crippen molar-refractivity contribution >= 4 is 5.91 Å². The number of phenolic OH excluding ortho intramolecular Hbond substituents is 1. The van der Waals surface area contributed by atoms with E-state index in [4.69, 9.17) is 9.47 Å². The van der Waals surface area contributed by atoms with Crippen LogP contribution in [-0.2, 0) is 6.42 Å². The number of nitrogens with zero attached hydrogens (tertiary/aromatic N) is 2. The highest BCUT2D eigenvalue weighted by Gasteiger charge is 2.42. The van der Waals surface area contributed by atoms with Gasteiger partial charge in [-0.2, -0.15) is 5.10 Å². The molecule has 1 atom stereocenters. The van der Waals surface area contributed by atoms with Crippen molar-refractivity contribution in [3.8, 4) is 28.5 Å². The lowest BCUT2D eigenvalue weighted by Crippen LogP contribution is -2.31. The molecule has 1 aliphatic rings. The molecule has 208 valence electrons. The molecule has 1 aromatic heterocycles. The van der Waals surface area contributed by atoms with E-state index in [9.17, 15) is 9.90 Å². The third-order valence-electron chi connectivity index (χ3n) is 7.50. The van der Waals surface area contributed by atoms with Gasteiger partial charge in [-0.05, 0) is 85.2 Å². The second kappa shape index (κ2) is 11.5. The van der Waals surface area contributed by atoms with Gasteiger partial charge in [0.2, 0.25) is 0 Å². The Morgan fingerprint density at radius 1 is 1.05 bits per heavy atom. The summed E-state index contributed by atoms with van der Waals surface area (Å²) in [6.45, 7) is 9.36. The van der Waals surface area contributed by atoms with Crippen LogP contribution in [0.25, 0.3) is 11.3 Å². The number of methoxy groups -OCH3 is 1. The maximum atomic E-state index is 13.8. The standard InChI is InChI=1S/C33H37N3O4/c1-20(2)14-16-40-26-8-6-7-24(19-26)31-28-29(27-18-21(3)17-22(4)32(27)37)34-35-30(28)33(38)36(31)15-13-23-9-11-25(39-5)12-10-23/h6-12,17-20,31,37H,13-16H2,1-5H3,(H,34,35). The number of aromatic hydroxyl groups is 1. The van der Waals surface area contributed by atoms with Crippen LogP contribution in [0.1, 0.15) is 64.6 Å². The molecule has 2 heterocycles. The SMILES string of the molecule is COc1ccc(CCN2C(=O)c3[nH]nc(-c4cc(C)cc(C)c4O)c3C2c2cccc(OCCC(C)C)c2)cc1. The topological polar surface area (TPSA) is 87.7 Å². The van der Waals surface area contributed by atoms with Crippen LogP contribution in [0.4, 0.5) is 0 Å². The van der Waals surface area contributed by atoms with Gasteiger partial charge in [-0.1, -0.05) is 44.2 Å². The second-order valence-electron chi connectivity index (χ2n) is 10.9. The van der Waals surface area contributed by atoms with Crippen molar-refractivity contribution in [2.24, 2.45) is 5.92 Å². The van der Waals surface area contributed by atoms with Crippen molar-refractivity contribution in [2.45, 2.75) is 46.6 Å². The molecule has 3 aromatic carbocycles. The lowest BCUT2D eigenvalue weighted by molar-refractivity contribution is 0.0745. The molecule has 1 unspecified atom stereocenters. The highest BCUT2D eigenvalue weighted by atomic mass is 16.5. The van der Waals surface area contributed by atoms with Gasteiger partial charge in [-0.3, -0.25) is 9.89 Å². The lowest BCUT2D eigenvalue weighted by Gasteiger charge is -2.27. The Labute approximate surface area is 235 Å². The Bertz CT molecular complexity index is 1510. The Balaban J connectivity index is 1.55.